The number of methoxy groups -OCH3 is 1. The second kappa shape index (κ2) is 6.50. The number of nitrogens with two attached hydrogens (primary N) is 1. The molecule has 0 bridgehead atoms. The highest BCUT2D eigenvalue weighted by molar-refractivity contribution is 5.12. The highest BCUT2D eigenvalue weighted by atomic mass is 16.5. The Hall–Kier alpha value is -0.910. The van der Waals surface area contributed by atoms with Gasteiger partial charge in [-0.3, -0.25) is 9.58 Å². The van der Waals surface area contributed by atoms with Gasteiger partial charge in [0.05, 0.1) is 18.3 Å². The highest BCUT2D eigenvalue weighted by Gasteiger charge is 2.26. The second-order valence-electron chi connectivity index (χ2n) is 5.57. The smallest absolute Gasteiger partial charge is 0.0595 e. The minimum atomic E-state index is 0.283. The highest BCUT2D eigenvalue weighted by Crippen LogP contribution is 2.25. The molecule has 1 aromatic rings. The van der Waals surface area contributed by atoms with Gasteiger partial charge in [-0.05, 0) is 26.7 Å². The van der Waals surface area contributed by atoms with Gasteiger partial charge in [0, 0.05) is 44.5 Å². The van der Waals surface area contributed by atoms with Crippen molar-refractivity contribution in [3.63, 3.8) is 0 Å². The van der Waals surface area contributed by atoms with Gasteiger partial charge in [0.2, 0.25) is 0 Å². The van der Waals surface area contributed by atoms with E-state index < -0.39 is 0 Å². The maximum absolute atomic E-state index is 5.98. The van der Waals surface area contributed by atoms with Gasteiger partial charge in [-0.1, -0.05) is 0 Å². The van der Waals surface area contributed by atoms with Crippen molar-refractivity contribution in [2.75, 3.05) is 26.7 Å². The summed E-state index contributed by atoms with van der Waals surface area (Å²) in [6.07, 6.45) is 6.68. The van der Waals surface area contributed by atoms with Gasteiger partial charge in [0.15, 0.2) is 0 Å². The van der Waals surface area contributed by atoms with E-state index in [2.05, 4.69) is 30.0 Å². The van der Waals surface area contributed by atoms with Gasteiger partial charge in [-0.25, -0.2) is 0 Å². The van der Waals surface area contributed by atoms with Gasteiger partial charge in [-0.15, -0.1) is 0 Å². The number of nitrogens with zero attached hydrogens (tertiary/aromatic N) is 3. The Morgan fingerprint density at radius 2 is 2.11 bits per heavy atom. The van der Waals surface area contributed by atoms with Crippen LogP contribution in [0.15, 0.2) is 12.4 Å². The monoisotopic (exact) mass is 266 g/mol. The fraction of sp³-hybridized carbons (Fsp3) is 0.786. The molecular weight excluding hydrogens is 240 g/mol. The zero-order valence-electron chi connectivity index (χ0n) is 12.2. The normalized spacial score (nSPS) is 20.1. The largest absolute Gasteiger partial charge is 0.381 e. The zero-order chi connectivity index (χ0) is 13.8. The summed E-state index contributed by atoms with van der Waals surface area (Å²) < 4.78 is 7.42. The van der Waals surface area contributed by atoms with Crippen LogP contribution in [0.1, 0.15) is 44.3 Å². The van der Waals surface area contributed by atoms with E-state index >= 15 is 0 Å². The van der Waals surface area contributed by atoms with Crippen molar-refractivity contribution >= 4 is 0 Å². The first-order valence-electron chi connectivity index (χ1n) is 7.16. The Kier molecular flexibility index (Phi) is 4.96. The SMILES string of the molecule is COC1CCN(C(CN)c2cnn(C(C)C)c2)CC1. The first kappa shape index (κ1) is 14.5. The van der Waals surface area contributed by atoms with Gasteiger partial charge in [-0.2, -0.15) is 5.10 Å². The topological polar surface area (TPSA) is 56.3 Å². The molecule has 5 heteroatoms. The molecule has 0 radical (unpaired) electrons. The van der Waals surface area contributed by atoms with Crippen molar-refractivity contribution < 1.29 is 4.74 Å². The van der Waals surface area contributed by atoms with Crippen LogP contribution in [-0.2, 0) is 4.74 Å². The molecule has 2 rings (SSSR count). The van der Waals surface area contributed by atoms with Crippen LogP contribution in [0.25, 0.3) is 0 Å². The fourth-order valence-corrected chi connectivity index (χ4v) is 2.73. The van der Waals surface area contributed by atoms with Crippen LogP contribution >= 0.6 is 0 Å². The van der Waals surface area contributed by atoms with Crippen LogP contribution in [0.3, 0.4) is 0 Å². The molecule has 19 heavy (non-hydrogen) atoms. The number of hydrogen-bond acceptors (Lipinski definition) is 4. The zero-order valence-corrected chi connectivity index (χ0v) is 12.2. The molecule has 1 aliphatic heterocycles. The lowest BCUT2D eigenvalue weighted by Gasteiger charge is -2.36. The summed E-state index contributed by atoms with van der Waals surface area (Å²) in [4.78, 5) is 2.46. The Morgan fingerprint density at radius 3 is 2.58 bits per heavy atom. The predicted molar refractivity (Wildman–Crippen MR) is 76.0 cm³/mol. The molecule has 0 saturated carbocycles. The maximum Gasteiger partial charge on any atom is 0.0595 e. The quantitative estimate of drug-likeness (QED) is 0.879. The van der Waals surface area contributed by atoms with E-state index in [0.29, 0.717) is 18.7 Å². The van der Waals surface area contributed by atoms with Crippen LogP contribution in [0.2, 0.25) is 0 Å². The Labute approximate surface area is 115 Å². The Balaban J connectivity index is 2.03. The van der Waals surface area contributed by atoms with Crippen molar-refractivity contribution in [2.24, 2.45) is 5.73 Å². The van der Waals surface area contributed by atoms with E-state index in [1.165, 1.54) is 5.56 Å². The fourth-order valence-electron chi connectivity index (χ4n) is 2.73. The minimum Gasteiger partial charge on any atom is -0.381 e. The van der Waals surface area contributed by atoms with E-state index in [1.54, 1.807) is 7.11 Å². The molecule has 5 nitrogen and oxygen atoms in total. The third kappa shape index (κ3) is 3.35. The third-order valence-corrected chi connectivity index (χ3v) is 4.01. The van der Waals surface area contributed by atoms with Crippen LogP contribution in [0, 0.1) is 0 Å². The lowest BCUT2D eigenvalue weighted by molar-refractivity contribution is 0.0280. The molecule has 0 spiro atoms. The van der Waals surface area contributed by atoms with Gasteiger partial charge in [0.1, 0.15) is 0 Å². The third-order valence-electron chi connectivity index (χ3n) is 4.01. The van der Waals surface area contributed by atoms with E-state index in [-0.39, 0.29) is 6.04 Å². The molecule has 1 saturated heterocycles. The van der Waals surface area contributed by atoms with E-state index in [0.717, 1.165) is 25.9 Å². The van der Waals surface area contributed by atoms with Crippen molar-refractivity contribution in [1.82, 2.24) is 14.7 Å². The summed E-state index contributed by atoms with van der Waals surface area (Å²) >= 11 is 0. The van der Waals surface area contributed by atoms with Crippen LogP contribution in [0.5, 0.6) is 0 Å². The Morgan fingerprint density at radius 1 is 1.42 bits per heavy atom. The molecule has 2 heterocycles. The van der Waals surface area contributed by atoms with Crippen LogP contribution in [0.4, 0.5) is 0 Å². The molecule has 1 fully saturated rings. The van der Waals surface area contributed by atoms with Crippen LogP contribution < -0.4 is 5.73 Å². The summed E-state index contributed by atoms with van der Waals surface area (Å²) in [7, 11) is 1.80. The predicted octanol–water partition coefficient (Wildman–Crippen LogP) is 1.57. The summed E-state index contributed by atoms with van der Waals surface area (Å²) in [5.74, 6) is 0. The molecule has 1 unspecified atom stereocenters. The van der Waals surface area contributed by atoms with Crippen molar-refractivity contribution in [1.29, 1.82) is 0 Å². The molecule has 0 aromatic carbocycles. The van der Waals surface area contributed by atoms with Gasteiger partial charge in [0.25, 0.3) is 0 Å². The van der Waals surface area contributed by atoms with Crippen molar-refractivity contribution in [3.05, 3.63) is 18.0 Å². The van der Waals surface area contributed by atoms with E-state index in [1.807, 2.05) is 10.9 Å². The molecule has 0 amide bonds. The summed E-state index contributed by atoms with van der Waals surface area (Å²) in [6, 6.07) is 0.678. The number of hydrogen-bond donors (Lipinski definition) is 1. The standard InChI is InChI=1S/C14H26N4O/c1-11(2)18-10-12(9-16-18)14(8-15)17-6-4-13(19-3)5-7-17/h9-11,13-14H,4-8,15H2,1-3H3. The molecule has 1 aromatic heterocycles. The minimum absolute atomic E-state index is 0.283. The average Bonchev–Trinajstić information content (AvgIpc) is 2.90. The lowest BCUT2D eigenvalue weighted by atomic mass is 10.0. The summed E-state index contributed by atoms with van der Waals surface area (Å²) in [5.41, 5.74) is 7.21. The van der Waals surface area contributed by atoms with Gasteiger partial charge < -0.3 is 10.5 Å². The molecule has 0 aliphatic carbocycles. The number of rotatable bonds is 5. The number of aromatic nitrogens is 2. The summed E-state index contributed by atoms with van der Waals surface area (Å²) in [5, 5.41) is 4.42. The first-order valence-corrected chi connectivity index (χ1v) is 7.16. The average molecular weight is 266 g/mol. The lowest BCUT2D eigenvalue weighted by Crippen LogP contribution is -2.41. The number of likely N-dealkylation sites (tertiary alicyclic amines) is 1. The van der Waals surface area contributed by atoms with Crippen molar-refractivity contribution in [3.8, 4) is 0 Å². The van der Waals surface area contributed by atoms with E-state index in [9.17, 15) is 0 Å². The van der Waals surface area contributed by atoms with Crippen LogP contribution in [-0.4, -0.2) is 47.5 Å². The molecular formula is C14H26N4O. The molecule has 108 valence electrons. The Bertz CT molecular complexity index is 383. The number of ether oxygens (including phenoxy) is 1. The first-order chi connectivity index (χ1) is 9.15. The summed E-state index contributed by atoms with van der Waals surface area (Å²) in [6.45, 7) is 7.01. The second-order valence-corrected chi connectivity index (χ2v) is 5.57. The molecule has 1 aliphatic rings. The molecule has 1 atom stereocenters. The van der Waals surface area contributed by atoms with E-state index in [4.69, 9.17) is 10.5 Å². The maximum atomic E-state index is 5.98. The molecule has 2 N–H and O–H groups in total. The number of piperidine rings is 1. The van der Waals surface area contributed by atoms with Gasteiger partial charge >= 0.3 is 0 Å². The van der Waals surface area contributed by atoms with Crippen molar-refractivity contribution in [2.45, 2.75) is 44.9 Å².